The molecule has 0 spiro atoms. The Hall–Kier alpha value is -2.90. The Balaban J connectivity index is 1.75. The second kappa shape index (κ2) is 8.56. The van der Waals surface area contributed by atoms with Crippen molar-refractivity contribution < 1.29 is 9.50 Å². The summed E-state index contributed by atoms with van der Waals surface area (Å²) < 4.78 is 15.1. The number of rotatable bonds is 5. The fourth-order valence-corrected chi connectivity index (χ4v) is 3.95. The molecule has 2 N–H and O–H groups in total. The van der Waals surface area contributed by atoms with Gasteiger partial charge >= 0.3 is 0 Å². The highest BCUT2D eigenvalue weighted by atomic mass is 79.9. The summed E-state index contributed by atoms with van der Waals surface area (Å²) in [5.74, 6) is 0.117. The minimum atomic E-state index is -1.10. The maximum Gasteiger partial charge on any atom is 0.159 e. The number of aromatic nitrogens is 3. The van der Waals surface area contributed by atoms with Gasteiger partial charge in [-0.05, 0) is 69.2 Å². The number of nitrogens with one attached hydrogen (secondary N) is 1. The van der Waals surface area contributed by atoms with E-state index in [0.717, 1.165) is 43.4 Å². The molecule has 0 saturated heterocycles. The van der Waals surface area contributed by atoms with Crippen molar-refractivity contribution in [2.24, 2.45) is 0 Å². The van der Waals surface area contributed by atoms with Crippen molar-refractivity contribution >= 4 is 32.5 Å². The van der Waals surface area contributed by atoms with Crippen molar-refractivity contribution in [1.29, 1.82) is 0 Å². The van der Waals surface area contributed by atoms with E-state index in [1.807, 2.05) is 32.0 Å². The highest BCUT2D eigenvalue weighted by molar-refractivity contribution is 9.10. The minimum Gasteiger partial charge on any atom is -0.382 e. The van der Waals surface area contributed by atoms with Crippen LogP contribution >= 0.6 is 15.9 Å². The Morgan fingerprint density at radius 1 is 1.03 bits per heavy atom. The highest BCUT2D eigenvalue weighted by Crippen LogP contribution is 2.32. The molecule has 0 aliphatic carbocycles. The lowest BCUT2D eigenvalue weighted by molar-refractivity contribution is 0.0687. The first-order valence-corrected chi connectivity index (χ1v) is 11.1. The lowest BCUT2D eigenvalue weighted by Gasteiger charge is -2.17. The van der Waals surface area contributed by atoms with Gasteiger partial charge in [0.15, 0.2) is 5.82 Å². The number of hydrogen-bond acceptors (Lipinski definition) is 5. The third kappa shape index (κ3) is 4.49. The summed E-state index contributed by atoms with van der Waals surface area (Å²) in [6.07, 6.45) is 3.42. The average Bonchev–Trinajstić information content (AvgIpc) is 2.75. The minimum absolute atomic E-state index is 0.252. The number of pyridine rings is 1. The van der Waals surface area contributed by atoms with Crippen molar-refractivity contribution in [3.63, 3.8) is 0 Å². The first-order chi connectivity index (χ1) is 15.1. The van der Waals surface area contributed by atoms with Crippen LogP contribution in [0.1, 0.15) is 36.5 Å². The number of benzene rings is 2. The van der Waals surface area contributed by atoms with Gasteiger partial charge in [0, 0.05) is 51.3 Å². The topological polar surface area (TPSA) is 70.9 Å². The van der Waals surface area contributed by atoms with E-state index in [1.54, 1.807) is 38.4 Å². The van der Waals surface area contributed by atoms with Crippen LogP contribution in [0.2, 0.25) is 0 Å². The maximum absolute atomic E-state index is 14.3. The molecule has 4 rings (SSSR count). The summed E-state index contributed by atoms with van der Waals surface area (Å²) in [4.78, 5) is 13.3. The third-order valence-corrected chi connectivity index (χ3v) is 5.96. The molecule has 4 aromatic rings. The van der Waals surface area contributed by atoms with Crippen LogP contribution in [0, 0.1) is 19.7 Å². The monoisotopic (exact) mass is 494 g/mol. The summed E-state index contributed by atoms with van der Waals surface area (Å²) in [6, 6.07) is 10.9. The van der Waals surface area contributed by atoms with Crippen LogP contribution < -0.4 is 5.32 Å². The Morgan fingerprint density at radius 2 is 1.75 bits per heavy atom. The van der Waals surface area contributed by atoms with Gasteiger partial charge in [0.05, 0.1) is 5.52 Å². The molecular weight excluding hydrogens is 471 g/mol. The molecule has 32 heavy (non-hydrogen) atoms. The molecule has 0 saturated carbocycles. The summed E-state index contributed by atoms with van der Waals surface area (Å²) in [6.45, 7) is 7.63. The lowest BCUT2D eigenvalue weighted by atomic mass is 10.0. The SMILES string of the molecule is Cc1nc2ccc(-c3cnc(C(C)(C)O)nc3)cc2c(NCc2cc(Br)ccc2F)c1C. The van der Waals surface area contributed by atoms with Gasteiger partial charge in [-0.2, -0.15) is 0 Å². The third-order valence-electron chi connectivity index (χ3n) is 5.47. The largest absolute Gasteiger partial charge is 0.382 e. The Kier molecular flexibility index (Phi) is 5.97. The first kappa shape index (κ1) is 22.3. The van der Waals surface area contributed by atoms with Crippen LogP contribution in [0.3, 0.4) is 0 Å². The van der Waals surface area contributed by atoms with E-state index < -0.39 is 5.60 Å². The van der Waals surface area contributed by atoms with Crippen molar-refractivity contribution in [3.05, 3.63) is 81.7 Å². The van der Waals surface area contributed by atoms with Gasteiger partial charge in [-0.25, -0.2) is 14.4 Å². The van der Waals surface area contributed by atoms with E-state index >= 15 is 0 Å². The van der Waals surface area contributed by atoms with E-state index in [2.05, 4.69) is 31.2 Å². The van der Waals surface area contributed by atoms with Crippen LogP contribution in [0.25, 0.3) is 22.0 Å². The molecule has 2 aromatic heterocycles. The van der Waals surface area contributed by atoms with Gasteiger partial charge in [0.25, 0.3) is 0 Å². The summed E-state index contributed by atoms with van der Waals surface area (Å²) in [7, 11) is 0. The van der Waals surface area contributed by atoms with E-state index in [9.17, 15) is 9.50 Å². The van der Waals surface area contributed by atoms with Crippen LogP contribution in [-0.4, -0.2) is 20.1 Å². The number of halogens is 2. The molecule has 0 amide bonds. The second-order valence-corrected chi connectivity index (χ2v) is 9.29. The molecular formula is C25H24BrFN4O. The first-order valence-electron chi connectivity index (χ1n) is 10.3. The lowest BCUT2D eigenvalue weighted by Crippen LogP contribution is -2.19. The van der Waals surface area contributed by atoms with Crippen LogP contribution in [0.5, 0.6) is 0 Å². The zero-order valence-corrected chi connectivity index (χ0v) is 20.0. The number of nitrogens with zero attached hydrogens (tertiary/aromatic N) is 3. The number of hydrogen-bond donors (Lipinski definition) is 2. The van der Waals surface area contributed by atoms with Crippen molar-refractivity contribution in [2.45, 2.75) is 39.8 Å². The molecule has 7 heteroatoms. The predicted octanol–water partition coefficient (Wildman–Crippen LogP) is 6.05. The van der Waals surface area contributed by atoms with E-state index in [-0.39, 0.29) is 5.82 Å². The normalized spacial score (nSPS) is 11.7. The number of anilines is 1. The zero-order chi connectivity index (χ0) is 23.0. The quantitative estimate of drug-likeness (QED) is 0.353. The Bertz CT molecular complexity index is 1300. The average molecular weight is 495 g/mol. The van der Waals surface area contributed by atoms with E-state index in [1.165, 1.54) is 6.07 Å². The highest BCUT2D eigenvalue weighted by Gasteiger charge is 2.19. The van der Waals surface area contributed by atoms with E-state index in [4.69, 9.17) is 4.98 Å². The van der Waals surface area contributed by atoms with Crippen LogP contribution in [0.4, 0.5) is 10.1 Å². The van der Waals surface area contributed by atoms with Crippen molar-refractivity contribution in [2.75, 3.05) is 5.32 Å². The van der Waals surface area contributed by atoms with Gasteiger partial charge in [0.1, 0.15) is 11.4 Å². The standard InChI is InChI=1S/C25H24BrFN4O/c1-14-15(2)31-22-8-5-16(18-12-29-24(30-13-18)25(3,4)32)10-20(22)23(14)28-11-17-9-19(26)6-7-21(17)27/h5-10,12-13,32H,11H2,1-4H3,(H,28,31). The molecule has 2 aromatic carbocycles. The molecule has 2 heterocycles. The number of aryl methyl sites for hydroxylation is 1. The molecule has 0 aliphatic rings. The molecule has 0 fully saturated rings. The maximum atomic E-state index is 14.3. The summed E-state index contributed by atoms with van der Waals surface area (Å²) >= 11 is 3.41. The molecule has 0 radical (unpaired) electrons. The predicted molar refractivity (Wildman–Crippen MR) is 129 cm³/mol. The molecule has 0 unspecified atom stereocenters. The van der Waals surface area contributed by atoms with Crippen LogP contribution in [-0.2, 0) is 12.1 Å². The molecule has 5 nitrogen and oxygen atoms in total. The summed E-state index contributed by atoms with van der Waals surface area (Å²) in [5, 5.41) is 14.5. The Labute approximate surface area is 194 Å². The van der Waals surface area contributed by atoms with Gasteiger partial charge in [-0.15, -0.1) is 0 Å². The number of fused-ring (bicyclic) bond motifs is 1. The fourth-order valence-electron chi connectivity index (χ4n) is 3.54. The van der Waals surface area contributed by atoms with Crippen LogP contribution in [0.15, 0.2) is 53.3 Å². The van der Waals surface area contributed by atoms with Crippen molar-refractivity contribution in [1.82, 2.24) is 15.0 Å². The van der Waals surface area contributed by atoms with Gasteiger partial charge in [-0.3, -0.25) is 4.98 Å². The zero-order valence-electron chi connectivity index (χ0n) is 18.4. The fraction of sp³-hybridized carbons (Fsp3) is 0.240. The van der Waals surface area contributed by atoms with Gasteiger partial charge in [0.2, 0.25) is 0 Å². The molecule has 0 bridgehead atoms. The molecule has 0 aliphatic heterocycles. The second-order valence-electron chi connectivity index (χ2n) is 8.37. The summed E-state index contributed by atoms with van der Waals surface area (Å²) in [5.41, 5.74) is 4.95. The van der Waals surface area contributed by atoms with Gasteiger partial charge in [-0.1, -0.05) is 22.0 Å². The van der Waals surface area contributed by atoms with E-state index in [0.29, 0.717) is 17.9 Å². The molecule has 0 atom stereocenters. The smallest absolute Gasteiger partial charge is 0.159 e. The van der Waals surface area contributed by atoms with Gasteiger partial charge < -0.3 is 10.4 Å². The van der Waals surface area contributed by atoms with Crippen molar-refractivity contribution in [3.8, 4) is 11.1 Å². The number of aliphatic hydroxyl groups is 1. The Morgan fingerprint density at radius 3 is 2.44 bits per heavy atom. The molecule has 164 valence electrons.